The summed E-state index contributed by atoms with van der Waals surface area (Å²) >= 11 is 0.597. The van der Waals surface area contributed by atoms with Crippen LogP contribution >= 0.6 is 11.5 Å². The van der Waals surface area contributed by atoms with Crippen molar-refractivity contribution in [3.63, 3.8) is 0 Å². The number of hydrogen-bond donors (Lipinski definition) is 3. The molecule has 0 spiro atoms. The molecule has 1 aliphatic carbocycles. The Balaban J connectivity index is 2.06. The number of aromatic nitrogens is 1. The minimum atomic E-state index is -4.65. The van der Waals surface area contributed by atoms with Gasteiger partial charge in [-0.2, -0.15) is 17.5 Å². The second kappa shape index (κ2) is 9.77. The molecule has 0 aliphatic heterocycles. The zero-order chi connectivity index (χ0) is 24.3. The summed E-state index contributed by atoms with van der Waals surface area (Å²) in [5.74, 6) is -2.27. The molecule has 1 aromatic heterocycles. The lowest BCUT2D eigenvalue weighted by atomic mass is 10.1. The molecular weight excluding hydrogens is 459 g/mol. The maximum atomic E-state index is 13.5. The molecule has 1 atom stereocenters. The van der Waals surface area contributed by atoms with Crippen molar-refractivity contribution < 1.29 is 27.6 Å². The van der Waals surface area contributed by atoms with E-state index in [1.54, 1.807) is 6.92 Å². The van der Waals surface area contributed by atoms with Crippen LogP contribution in [0.2, 0.25) is 0 Å². The number of anilines is 2. The first kappa shape index (κ1) is 24.5. The first-order valence-corrected chi connectivity index (χ1v) is 11.2. The fourth-order valence-electron chi connectivity index (χ4n) is 3.86. The first-order valence-electron chi connectivity index (χ1n) is 10.4. The highest BCUT2D eigenvalue weighted by Crippen LogP contribution is 2.34. The van der Waals surface area contributed by atoms with Crippen molar-refractivity contribution in [2.24, 2.45) is 5.73 Å². The van der Waals surface area contributed by atoms with Crippen molar-refractivity contribution in [2.75, 3.05) is 10.6 Å². The van der Waals surface area contributed by atoms with Crippen molar-refractivity contribution in [3.05, 3.63) is 40.4 Å². The Kier molecular flexibility index (Phi) is 7.25. The molecule has 1 saturated carbocycles. The average Bonchev–Trinajstić information content (AvgIpc) is 3.40. The lowest BCUT2D eigenvalue weighted by Crippen LogP contribution is -2.51. The molecule has 3 amide bonds. The number of carbonyl (C=O) groups is 3. The molecule has 0 saturated heterocycles. The zero-order valence-corrected chi connectivity index (χ0v) is 18.6. The van der Waals surface area contributed by atoms with Gasteiger partial charge >= 0.3 is 6.18 Å². The van der Waals surface area contributed by atoms with Gasteiger partial charge in [-0.25, -0.2) is 0 Å². The van der Waals surface area contributed by atoms with Gasteiger partial charge in [0, 0.05) is 11.7 Å². The molecule has 1 fully saturated rings. The van der Waals surface area contributed by atoms with E-state index in [9.17, 15) is 27.6 Å². The number of nitrogens with two attached hydrogens (primary N) is 2. The molecule has 33 heavy (non-hydrogen) atoms. The van der Waals surface area contributed by atoms with Crippen LogP contribution in [0.5, 0.6) is 0 Å². The van der Waals surface area contributed by atoms with Crippen LogP contribution in [0.25, 0.3) is 0 Å². The van der Waals surface area contributed by atoms with E-state index >= 15 is 0 Å². The number of nitrogens with zero attached hydrogens (tertiary/aromatic N) is 2. The van der Waals surface area contributed by atoms with Crippen molar-refractivity contribution >= 4 is 40.6 Å². The highest BCUT2D eigenvalue weighted by Gasteiger charge is 2.37. The van der Waals surface area contributed by atoms with Crippen LogP contribution in [0.4, 0.5) is 24.5 Å². The predicted molar refractivity (Wildman–Crippen MR) is 118 cm³/mol. The van der Waals surface area contributed by atoms with E-state index in [0.29, 0.717) is 11.5 Å². The summed E-state index contributed by atoms with van der Waals surface area (Å²) in [5.41, 5.74) is 9.42. The number of benzene rings is 1. The van der Waals surface area contributed by atoms with Gasteiger partial charge in [0.2, 0.25) is 5.91 Å². The summed E-state index contributed by atoms with van der Waals surface area (Å²) in [5, 5.41) is 2.90. The number of alkyl halides is 3. The number of nitrogen functional groups attached to an aromatic ring is 1. The van der Waals surface area contributed by atoms with E-state index in [2.05, 4.69) is 9.69 Å². The number of halogens is 3. The van der Waals surface area contributed by atoms with Gasteiger partial charge in [0.1, 0.15) is 10.9 Å². The van der Waals surface area contributed by atoms with E-state index in [1.165, 1.54) is 6.07 Å². The molecule has 2 aromatic rings. The van der Waals surface area contributed by atoms with E-state index < -0.39 is 35.5 Å². The molecule has 0 radical (unpaired) electrons. The molecule has 1 aliphatic rings. The second-order valence-electron chi connectivity index (χ2n) is 7.78. The third-order valence-corrected chi connectivity index (χ3v) is 6.38. The number of hydrogen-bond acceptors (Lipinski definition) is 6. The molecule has 1 aromatic carbocycles. The van der Waals surface area contributed by atoms with Gasteiger partial charge < -0.3 is 16.8 Å². The molecule has 5 N–H and O–H groups in total. The largest absolute Gasteiger partial charge is 0.416 e. The van der Waals surface area contributed by atoms with Gasteiger partial charge in [0.15, 0.2) is 5.69 Å². The van der Waals surface area contributed by atoms with Crippen molar-refractivity contribution in [1.29, 1.82) is 0 Å². The predicted octanol–water partition coefficient (Wildman–Crippen LogP) is 3.33. The fourth-order valence-corrected chi connectivity index (χ4v) is 4.60. The molecular formula is C21H24F3N5O3S. The van der Waals surface area contributed by atoms with Crippen molar-refractivity contribution in [2.45, 2.75) is 57.3 Å². The molecule has 1 heterocycles. The van der Waals surface area contributed by atoms with Gasteiger partial charge in [-0.3, -0.25) is 19.3 Å². The van der Waals surface area contributed by atoms with Gasteiger partial charge in [-0.1, -0.05) is 25.8 Å². The maximum absolute atomic E-state index is 13.5. The number of rotatable bonds is 7. The smallest absolute Gasteiger partial charge is 0.395 e. The van der Waals surface area contributed by atoms with Crippen molar-refractivity contribution in [1.82, 2.24) is 9.69 Å². The highest BCUT2D eigenvalue weighted by molar-refractivity contribution is 7.09. The third kappa shape index (κ3) is 5.27. The van der Waals surface area contributed by atoms with E-state index in [4.69, 9.17) is 11.5 Å². The van der Waals surface area contributed by atoms with Crippen molar-refractivity contribution in [3.8, 4) is 0 Å². The number of primary amides is 1. The second-order valence-corrected chi connectivity index (χ2v) is 8.55. The lowest BCUT2D eigenvalue weighted by Gasteiger charge is -2.31. The average molecular weight is 484 g/mol. The van der Waals surface area contributed by atoms with Crippen LogP contribution in [-0.2, 0) is 11.0 Å². The SMILES string of the molecule is CC[C@H](C(=O)NC1CCCC1)N(C(=O)c1snc(C(N)=O)c1N)c1cccc(C(F)(F)F)c1. The summed E-state index contributed by atoms with van der Waals surface area (Å²) < 4.78 is 43.9. The number of carbonyl (C=O) groups excluding carboxylic acids is 3. The van der Waals surface area contributed by atoms with Crippen LogP contribution in [0.1, 0.15) is 64.8 Å². The summed E-state index contributed by atoms with van der Waals surface area (Å²) in [6.45, 7) is 1.65. The minimum Gasteiger partial charge on any atom is -0.395 e. The standard InChI is InChI=1S/C21H24F3N5O3S/c1-2-14(19(31)27-12-7-3-4-8-12)29(13-9-5-6-11(10-13)21(22,23)24)20(32)17-15(25)16(18(26)30)28-33-17/h5-6,9-10,12,14H,2-4,7-8,25H2,1H3,(H2,26,30)(H,27,31)/t14-/m1/s1. The first-order chi connectivity index (χ1) is 15.5. The molecule has 3 rings (SSSR count). The zero-order valence-electron chi connectivity index (χ0n) is 17.8. The van der Waals surface area contributed by atoms with Crippen LogP contribution in [-0.4, -0.2) is 34.2 Å². The minimum absolute atomic E-state index is 0.0556. The Morgan fingerprint density at radius 3 is 2.48 bits per heavy atom. The molecule has 0 unspecified atom stereocenters. The van der Waals surface area contributed by atoms with Gasteiger partial charge in [0.25, 0.3) is 11.8 Å². The highest BCUT2D eigenvalue weighted by atomic mass is 32.1. The van der Waals surface area contributed by atoms with Gasteiger partial charge in [-0.15, -0.1) is 0 Å². The monoisotopic (exact) mass is 483 g/mol. The summed E-state index contributed by atoms with van der Waals surface area (Å²) in [7, 11) is 0. The van der Waals surface area contributed by atoms with Crippen LogP contribution in [0.3, 0.4) is 0 Å². The number of nitrogens with one attached hydrogen (secondary N) is 1. The summed E-state index contributed by atoms with van der Waals surface area (Å²) in [6.07, 6.45) is -1.01. The third-order valence-electron chi connectivity index (χ3n) is 5.53. The lowest BCUT2D eigenvalue weighted by molar-refractivity contribution is -0.137. The van der Waals surface area contributed by atoms with Crippen LogP contribution in [0.15, 0.2) is 24.3 Å². The van der Waals surface area contributed by atoms with Gasteiger partial charge in [0.05, 0.1) is 11.3 Å². The quantitative estimate of drug-likeness (QED) is 0.556. The van der Waals surface area contributed by atoms with E-state index in [-0.39, 0.29) is 34.4 Å². The summed E-state index contributed by atoms with van der Waals surface area (Å²) in [4.78, 5) is 38.9. The Bertz CT molecular complexity index is 1050. The molecule has 0 bridgehead atoms. The Morgan fingerprint density at radius 2 is 1.94 bits per heavy atom. The molecule has 178 valence electrons. The Labute approximate surface area is 192 Å². The maximum Gasteiger partial charge on any atom is 0.416 e. The van der Waals surface area contributed by atoms with Gasteiger partial charge in [-0.05, 0) is 49.0 Å². The van der Waals surface area contributed by atoms with Crippen LogP contribution < -0.4 is 21.7 Å². The summed E-state index contributed by atoms with van der Waals surface area (Å²) in [6, 6.07) is 2.98. The van der Waals surface area contributed by atoms with E-state index in [1.807, 2.05) is 0 Å². The Morgan fingerprint density at radius 1 is 1.27 bits per heavy atom. The topological polar surface area (TPSA) is 131 Å². The fraction of sp³-hybridized carbons (Fsp3) is 0.429. The molecule has 8 nitrogen and oxygen atoms in total. The van der Waals surface area contributed by atoms with E-state index in [0.717, 1.165) is 48.8 Å². The van der Waals surface area contributed by atoms with Crippen LogP contribution in [0, 0.1) is 0 Å². The number of amides is 3. The Hall–Kier alpha value is -3.15. The molecule has 12 heteroatoms. The normalized spacial score (nSPS) is 15.3.